The van der Waals surface area contributed by atoms with E-state index in [0.29, 0.717) is 52.4 Å². The zero-order valence-electron chi connectivity index (χ0n) is 15.8. The summed E-state index contributed by atoms with van der Waals surface area (Å²) >= 11 is 0. The van der Waals surface area contributed by atoms with Gasteiger partial charge in [0.1, 0.15) is 0 Å². The third-order valence-corrected chi connectivity index (χ3v) is 3.22. The van der Waals surface area contributed by atoms with Gasteiger partial charge >= 0.3 is 29.0 Å². The average molecular weight is 551 g/mol. The van der Waals surface area contributed by atoms with Crippen LogP contribution >= 0.6 is 0 Å². The summed E-state index contributed by atoms with van der Waals surface area (Å²) in [5.41, 5.74) is 0. The normalized spacial score (nSPS) is 21.5. The van der Waals surface area contributed by atoms with E-state index in [1.165, 1.54) is 0 Å². The molecule has 0 spiro atoms. The van der Waals surface area contributed by atoms with Gasteiger partial charge in [0.2, 0.25) is 0 Å². The van der Waals surface area contributed by atoms with Gasteiger partial charge in [0.25, 0.3) is 0 Å². The number of aliphatic carboxylic acids is 2. The van der Waals surface area contributed by atoms with Crippen molar-refractivity contribution >= 4 is 11.9 Å². The van der Waals surface area contributed by atoms with E-state index in [-0.39, 0.29) is 17.1 Å². The Labute approximate surface area is 192 Å². The SMILES string of the molecule is O=C(O)C1CNCCNCC(C(=O)O)CNCCNC1.[Cu+2].[O-][Cl+3]([O-])([O-])[O-].[O-][Cl+3]([O-])([O-])[O-]. The molecule has 189 valence electrons. The molecule has 1 saturated heterocycles. The van der Waals surface area contributed by atoms with E-state index in [4.69, 9.17) is 47.5 Å². The number of carbonyl (C=O) groups is 2. The Morgan fingerprint density at radius 1 is 0.581 bits per heavy atom. The molecule has 0 aliphatic carbocycles. The predicted octanol–water partition coefficient (Wildman–Crippen LogP) is -11.8. The Hall–Kier alpha value is -0.441. The molecule has 19 heteroatoms. The molecule has 0 aromatic rings. The molecule has 1 rings (SSSR count). The Morgan fingerprint density at radius 2 is 0.742 bits per heavy atom. The van der Waals surface area contributed by atoms with E-state index in [1.54, 1.807) is 0 Å². The Balaban J connectivity index is -0.000000595. The van der Waals surface area contributed by atoms with Crippen molar-refractivity contribution in [3.05, 3.63) is 0 Å². The van der Waals surface area contributed by atoms with Crippen LogP contribution in [0.4, 0.5) is 0 Å². The van der Waals surface area contributed by atoms with Crippen molar-refractivity contribution < 1.29 is 94.6 Å². The van der Waals surface area contributed by atoms with Crippen molar-refractivity contribution in [2.45, 2.75) is 0 Å². The summed E-state index contributed by atoms with van der Waals surface area (Å²) < 4.78 is 67.9. The number of nitrogens with one attached hydrogen (secondary N) is 4. The van der Waals surface area contributed by atoms with Crippen LogP contribution in [0.15, 0.2) is 0 Å². The van der Waals surface area contributed by atoms with Crippen LogP contribution in [0, 0.1) is 32.3 Å². The van der Waals surface area contributed by atoms with Crippen LogP contribution < -0.4 is 58.5 Å². The molecular weight excluding hydrogens is 527 g/mol. The van der Waals surface area contributed by atoms with Crippen LogP contribution in [0.2, 0.25) is 0 Å². The van der Waals surface area contributed by atoms with Crippen LogP contribution in [-0.2, 0) is 26.7 Å². The number of hydrogen-bond donors (Lipinski definition) is 6. The second-order valence-electron chi connectivity index (χ2n) is 5.64. The minimum atomic E-state index is -4.94. The quantitative estimate of drug-likeness (QED) is 0.174. The smallest absolute Gasteiger partial charge is 0.481 e. The van der Waals surface area contributed by atoms with Crippen molar-refractivity contribution in [1.82, 2.24) is 21.3 Å². The van der Waals surface area contributed by atoms with E-state index in [0.717, 1.165) is 0 Å². The first-order valence-electron chi connectivity index (χ1n) is 8.13. The summed E-state index contributed by atoms with van der Waals surface area (Å²) in [5.74, 6) is -2.54. The van der Waals surface area contributed by atoms with E-state index in [9.17, 15) is 9.59 Å². The van der Waals surface area contributed by atoms with Crippen molar-refractivity contribution in [2.75, 3.05) is 52.4 Å². The molecule has 0 aromatic carbocycles. The van der Waals surface area contributed by atoms with Gasteiger partial charge < -0.3 is 31.5 Å². The molecule has 6 N–H and O–H groups in total. The largest absolute Gasteiger partial charge is 2.00 e. The van der Waals surface area contributed by atoms with Crippen molar-refractivity contribution in [3.63, 3.8) is 0 Å². The minimum absolute atomic E-state index is 0. The maximum atomic E-state index is 11.0. The van der Waals surface area contributed by atoms with E-state index < -0.39 is 44.3 Å². The number of hydrogen-bond acceptors (Lipinski definition) is 14. The Morgan fingerprint density at radius 3 is 0.871 bits per heavy atom. The summed E-state index contributed by atoms with van der Waals surface area (Å²) in [7, 11) is -9.89. The number of halogens is 2. The van der Waals surface area contributed by atoms with Crippen LogP contribution in [0.5, 0.6) is 0 Å². The summed E-state index contributed by atoms with van der Waals surface area (Å²) in [4.78, 5) is 22.1. The molecule has 0 saturated carbocycles. The third kappa shape index (κ3) is 34.4. The predicted molar refractivity (Wildman–Crippen MR) is 73.7 cm³/mol. The fraction of sp³-hybridized carbons (Fsp3) is 0.833. The van der Waals surface area contributed by atoms with Crippen LogP contribution in [-0.4, -0.2) is 74.5 Å². The average Bonchev–Trinajstić information content (AvgIpc) is 2.53. The fourth-order valence-electron chi connectivity index (χ4n) is 1.95. The molecular formula is C12H24Cl2CuN4O12. The molecule has 1 fully saturated rings. The molecule has 0 unspecified atom stereocenters. The number of carboxylic acid groups (broad SMARTS) is 2. The molecule has 0 amide bonds. The number of rotatable bonds is 2. The first kappa shape index (κ1) is 35.2. The molecule has 31 heavy (non-hydrogen) atoms. The third-order valence-electron chi connectivity index (χ3n) is 3.22. The summed E-state index contributed by atoms with van der Waals surface area (Å²) in [6.45, 7) is 4.07. The van der Waals surface area contributed by atoms with Gasteiger partial charge in [0.15, 0.2) is 0 Å². The van der Waals surface area contributed by atoms with Gasteiger partial charge in [-0.05, 0) is 0 Å². The zero-order valence-corrected chi connectivity index (χ0v) is 18.3. The number of carboxylic acids is 2. The Kier molecular flexibility index (Phi) is 21.6. The second-order valence-corrected chi connectivity index (χ2v) is 7.15. The van der Waals surface area contributed by atoms with Gasteiger partial charge in [-0.2, -0.15) is 0 Å². The van der Waals surface area contributed by atoms with Crippen molar-refractivity contribution in [2.24, 2.45) is 11.8 Å². The zero-order chi connectivity index (χ0) is 23.8. The van der Waals surface area contributed by atoms with Gasteiger partial charge in [-0.25, -0.2) is 37.3 Å². The van der Waals surface area contributed by atoms with Gasteiger partial charge in [0.05, 0.1) is 11.8 Å². The molecule has 0 atom stereocenters. The molecule has 1 heterocycles. The van der Waals surface area contributed by atoms with E-state index in [2.05, 4.69) is 21.3 Å². The van der Waals surface area contributed by atoms with Crippen LogP contribution in [0.3, 0.4) is 0 Å². The monoisotopic (exact) mass is 549 g/mol. The first-order valence-corrected chi connectivity index (χ1v) is 10.6. The van der Waals surface area contributed by atoms with E-state index in [1.807, 2.05) is 0 Å². The summed E-state index contributed by atoms with van der Waals surface area (Å²) in [5, 5.41) is 30.4. The molecule has 1 aliphatic rings. The van der Waals surface area contributed by atoms with Gasteiger partial charge in [-0.1, -0.05) is 0 Å². The molecule has 0 aromatic heterocycles. The van der Waals surface area contributed by atoms with Crippen molar-refractivity contribution in [1.29, 1.82) is 0 Å². The molecule has 16 nitrogen and oxygen atoms in total. The van der Waals surface area contributed by atoms with Crippen molar-refractivity contribution in [3.8, 4) is 0 Å². The minimum Gasteiger partial charge on any atom is -0.481 e. The topological polar surface area (TPSA) is 307 Å². The second kappa shape index (κ2) is 19.1. The summed E-state index contributed by atoms with van der Waals surface area (Å²) in [6.07, 6.45) is 0. The standard InChI is InChI=1S/C12H24N4O4.2ClHO4.Cu/c17-11(18)9-5-13-1-2-14-6-10(12(19)20)8-16-4-3-15-7-9;2*2-1(3,4)5;/h9-10,13-16H,1-8H2,(H,17,18)(H,19,20);2*(H,2,3,4,5);/q;;;+2/p-2. The summed E-state index contributed by atoms with van der Waals surface area (Å²) in [6, 6.07) is 0. The maximum Gasteiger partial charge on any atom is 2.00 e. The van der Waals surface area contributed by atoms with Gasteiger partial charge in [-0.15, -0.1) is 20.5 Å². The fourth-order valence-corrected chi connectivity index (χ4v) is 1.95. The van der Waals surface area contributed by atoms with Crippen LogP contribution in [0.25, 0.3) is 0 Å². The molecule has 0 bridgehead atoms. The van der Waals surface area contributed by atoms with Gasteiger partial charge in [-0.3, -0.25) is 9.59 Å². The van der Waals surface area contributed by atoms with Crippen LogP contribution in [0.1, 0.15) is 0 Å². The van der Waals surface area contributed by atoms with E-state index >= 15 is 0 Å². The Bertz CT molecular complexity index is 413. The molecule has 1 radical (unpaired) electrons. The van der Waals surface area contributed by atoms with Gasteiger partial charge in [0, 0.05) is 52.4 Å². The molecule has 1 aliphatic heterocycles. The first-order chi connectivity index (χ1) is 13.6. The maximum absolute atomic E-state index is 11.0.